The number of hydrogen-bond donors (Lipinski definition) is 0. The molecule has 2 rings (SSSR count). The van der Waals surface area contributed by atoms with Crippen LogP contribution in [0.2, 0.25) is 0 Å². The predicted molar refractivity (Wildman–Crippen MR) is 62.4 cm³/mol. The molecule has 1 aromatic carbocycles. The van der Waals surface area contributed by atoms with Crippen molar-refractivity contribution in [1.82, 2.24) is 0 Å². The van der Waals surface area contributed by atoms with Crippen molar-refractivity contribution < 1.29 is 4.79 Å². The third-order valence-electron chi connectivity index (χ3n) is 3.06. The van der Waals surface area contributed by atoms with Gasteiger partial charge >= 0.3 is 0 Å². The number of nitrogens with zero attached hydrogens (tertiary/aromatic N) is 1. The Morgan fingerprint density at radius 3 is 3.07 bits per heavy atom. The Morgan fingerprint density at radius 1 is 1.47 bits per heavy atom. The number of aryl methyl sites for hydroxylation is 2. The van der Waals surface area contributed by atoms with Crippen LogP contribution in [0.25, 0.3) is 0 Å². The summed E-state index contributed by atoms with van der Waals surface area (Å²) in [5.74, 6) is 0. The molecule has 1 aliphatic rings. The van der Waals surface area contributed by atoms with Crippen molar-refractivity contribution in [3.05, 3.63) is 29.3 Å². The highest BCUT2D eigenvalue weighted by Crippen LogP contribution is 2.27. The number of aldehydes is 1. The molecule has 0 atom stereocenters. The molecule has 0 unspecified atom stereocenters. The van der Waals surface area contributed by atoms with Crippen molar-refractivity contribution in [2.75, 3.05) is 18.0 Å². The van der Waals surface area contributed by atoms with Crippen molar-refractivity contribution in [2.45, 2.75) is 26.2 Å². The molecule has 2 heteroatoms. The number of fused-ring (bicyclic) bond motifs is 1. The zero-order valence-electron chi connectivity index (χ0n) is 9.20. The standard InChI is InChI=1S/C13H17NO/c1-2-11-5-6-13-12(10-11)4-3-7-14(13)8-9-15/h5-6,9-10H,2-4,7-8H2,1H3. The number of carbonyl (C=O) groups excluding carboxylic acids is 1. The normalized spacial score (nSPS) is 14.9. The first-order valence-corrected chi connectivity index (χ1v) is 5.65. The first-order valence-electron chi connectivity index (χ1n) is 5.65. The fraction of sp³-hybridized carbons (Fsp3) is 0.462. The van der Waals surface area contributed by atoms with Gasteiger partial charge in [0.15, 0.2) is 0 Å². The van der Waals surface area contributed by atoms with Crippen molar-refractivity contribution in [3.8, 4) is 0 Å². The second kappa shape index (κ2) is 4.47. The summed E-state index contributed by atoms with van der Waals surface area (Å²) in [5, 5.41) is 0. The average Bonchev–Trinajstić information content (AvgIpc) is 2.29. The van der Waals surface area contributed by atoms with Gasteiger partial charge in [0.05, 0.1) is 6.54 Å². The van der Waals surface area contributed by atoms with E-state index >= 15 is 0 Å². The Labute approximate surface area is 90.9 Å². The van der Waals surface area contributed by atoms with E-state index in [1.165, 1.54) is 16.8 Å². The molecule has 0 saturated carbocycles. The van der Waals surface area contributed by atoms with Gasteiger partial charge in [-0.3, -0.25) is 0 Å². The quantitative estimate of drug-likeness (QED) is 0.702. The molecule has 80 valence electrons. The monoisotopic (exact) mass is 203 g/mol. The number of carbonyl (C=O) groups is 1. The van der Waals surface area contributed by atoms with Gasteiger partial charge in [0.1, 0.15) is 6.29 Å². The number of anilines is 1. The Kier molecular flexibility index (Phi) is 3.05. The van der Waals surface area contributed by atoms with E-state index in [9.17, 15) is 4.79 Å². The van der Waals surface area contributed by atoms with Gasteiger partial charge in [-0.15, -0.1) is 0 Å². The van der Waals surface area contributed by atoms with Crippen LogP contribution in [0, 0.1) is 0 Å². The topological polar surface area (TPSA) is 20.3 Å². The van der Waals surface area contributed by atoms with Gasteiger partial charge < -0.3 is 9.69 Å². The largest absolute Gasteiger partial charge is 0.364 e. The smallest absolute Gasteiger partial charge is 0.139 e. The van der Waals surface area contributed by atoms with Gasteiger partial charge in [-0.25, -0.2) is 0 Å². The van der Waals surface area contributed by atoms with Gasteiger partial charge in [0, 0.05) is 12.2 Å². The Bertz CT molecular complexity index is 360. The maximum atomic E-state index is 10.6. The molecule has 0 saturated heterocycles. The maximum Gasteiger partial charge on any atom is 0.139 e. The fourth-order valence-electron chi connectivity index (χ4n) is 2.23. The van der Waals surface area contributed by atoms with E-state index in [4.69, 9.17) is 0 Å². The summed E-state index contributed by atoms with van der Waals surface area (Å²) >= 11 is 0. The van der Waals surface area contributed by atoms with Crippen molar-refractivity contribution in [1.29, 1.82) is 0 Å². The molecule has 2 nitrogen and oxygen atoms in total. The summed E-state index contributed by atoms with van der Waals surface area (Å²) in [6.07, 6.45) is 4.39. The molecule has 0 fully saturated rings. The first-order chi connectivity index (χ1) is 7.35. The molecule has 1 heterocycles. The highest BCUT2D eigenvalue weighted by Gasteiger charge is 2.15. The van der Waals surface area contributed by atoms with Crippen LogP contribution in [0.3, 0.4) is 0 Å². The second-order valence-corrected chi connectivity index (χ2v) is 4.03. The third kappa shape index (κ3) is 2.04. The second-order valence-electron chi connectivity index (χ2n) is 4.03. The van der Waals surface area contributed by atoms with Gasteiger partial charge in [0.25, 0.3) is 0 Å². The van der Waals surface area contributed by atoms with Crippen molar-refractivity contribution in [3.63, 3.8) is 0 Å². The van der Waals surface area contributed by atoms with E-state index < -0.39 is 0 Å². The van der Waals surface area contributed by atoms with Gasteiger partial charge in [-0.05, 0) is 36.5 Å². The first kappa shape index (κ1) is 10.2. The van der Waals surface area contributed by atoms with E-state index in [1.54, 1.807) is 0 Å². The molecule has 1 aromatic rings. The molecule has 0 spiro atoms. The molecule has 0 radical (unpaired) electrons. The summed E-state index contributed by atoms with van der Waals surface area (Å²) in [6, 6.07) is 6.62. The summed E-state index contributed by atoms with van der Waals surface area (Å²) in [6.45, 7) is 3.71. The lowest BCUT2D eigenvalue weighted by Gasteiger charge is -2.29. The van der Waals surface area contributed by atoms with Crippen LogP contribution in [-0.4, -0.2) is 19.4 Å². The van der Waals surface area contributed by atoms with E-state index in [1.807, 2.05) is 0 Å². The fourth-order valence-corrected chi connectivity index (χ4v) is 2.23. The molecule has 0 bridgehead atoms. The third-order valence-corrected chi connectivity index (χ3v) is 3.06. The molecular weight excluding hydrogens is 186 g/mol. The van der Waals surface area contributed by atoms with Gasteiger partial charge in [-0.1, -0.05) is 19.1 Å². The highest BCUT2D eigenvalue weighted by molar-refractivity contribution is 5.65. The van der Waals surface area contributed by atoms with Crippen LogP contribution < -0.4 is 4.90 Å². The van der Waals surface area contributed by atoms with E-state index in [-0.39, 0.29) is 0 Å². The van der Waals surface area contributed by atoms with Crippen LogP contribution in [0.4, 0.5) is 5.69 Å². The number of hydrogen-bond acceptors (Lipinski definition) is 2. The van der Waals surface area contributed by atoms with E-state index in [2.05, 4.69) is 30.0 Å². The zero-order valence-corrected chi connectivity index (χ0v) is 9.20. The van der Waals surface area contributed by atoms with E-state index in [0.29, 0.717) is 6.54 Å². The molecule has 1 aliphatic heterocycles. The molecular formula is C13H17NO. The molecule has 0 N–H and O–H groups in total. The summed E-state index contributed by atoms with van der Waals surface area (Å²) in [5.41, 5.74) is 4.05. The lowest BCUT2D eigenvalue weighted by atomic mass is 9.98. The minimum absolute atomic E-state index is 0.526. The summed E-state index contributed by atoms with van der Waals surface area (Å²) in [7, 11) is 0. The van der Waals surface area contributed by atoms with Crippen LogP contribution in [0.5, 0.6) is 0 Å². The van der Waals surface area contributed by atoms with Gasteiger partial charge in [-0.2, -0.15) is 0 Å². The Balaban J connectivity index is 2.31. The number of rotatable bonds is 3. The van der Waals surface area contributed by atoms with Crippen LogP contribution >= 0.6 is 0 Å². The Morgan fingerprint density at radius 2 is 2.33 bits per heavy atom. The minimum Gasteiger partial charge on any atom is -0.364 e. The van der Waals surface area contributed by atoms with Crippen LogP contribution in [0.15, 0.2) is 18.2 Å². The SMILES string of the molecule is CCc1ccc2c(c1)CCCN2CC=O. The highest BCUT2D eigenvalue weighted by atomic mass is 16.1. The maximum absolute atomic E-state index is 10.6. The molecule has 0 aliphatic carbocycles. The molecule has 0 aromatic heterocycles. The van der Waals surface area contributed by atoms with Gasteiger partial charge in [0.2, 0.25) is 0 Å². The lowest BCUT2D eigenvalue weighted by molar-refractivity contribution is -0.106. The lowest BCUT2D eigenvalue weighted by Crippen LogP contribution is -2.30. The number of benzene rings is 1. The minimum atomic E-state index is 0.526. The van der Waals surface area contributed by atoms with E-state index in [0.717, 1.165) is 32.1 Å². The summed E-state index contributed by atoms with van der Waals surface area (Å²) < 4.78 is 0. The van der Waals surface area contributed by atoms with Crippen molar-refractivity contribution >= 4 is 12.0 Å². The predicted octanol–water partition coefficient (Wildman–Crippen LogP) is 2.20. The molecule has 15 heavy (non-hydrogen) atoms. The average molecular weight is 203 g/mol. The zero-order chi connectivity index (χ0) is 10.7. The van der Waals surface area contributed by atoms with Crippen LogP contribution in [-0.2, 0) is 17.6 Å². The Hall–Kier alpha value is -1.31. The van der Waals surface area contributed by atoms with Crippen molar-refractivity contribution in [2.24, 2.45) is 0 Å². The molecule has 0 amide bonds. The summed E-state index contributed by atoms with van der Waals surface area (Å²) in [4.78, 5) is 12.7. The van der Waals surface area contributed by atoms with Crippen LogP contribution in [0.1, 0.15) is 24.5 Å².